The lowest BCUT2D eigenvalue weighted by Gasteiger charge is -2.07. The van der Waals surface area contributed by atoms with Crippen molar-refractivity contribution in [3.8, 4) is 0 Å². The van der Waals surface area contributed by atoms with Gasteiger partial charge < -0.3 is 11.1 Å². The highest BCUT2D eigenvalue weighted by molar-refractivity contribution is 9.10. The van der Waals surface area contributed by atoms with Gasteiger partial charge in [0.25, 0.3) is 5.56 Å². The second-order valence-corrected chi connectivity index (χ2v) is 4.89. The number of aromatic amines is 1. The molecule has 0 bridgehead atoms. The summed E-state index contributed by atoms with van der Waals surface area (Å²) in [5, 5.41) is 2.61. The number of nitrogens with one attached hydrogen (secondary N) is 2. The molecule has 2 rings (SSSR count). The number of rotatable bonds is 3. The van der Waals surface area contributed by atoms with Crippen molar-refractivity contribution in [3.63, 3.8) is 0 Å². The fourth-order valence-electron chi connectivity index (χ4n) is 1.57. The molecule has 104 valence electrons. The number of H-pyrrole nitrogens is 1. The number of aromatic nitrogens is 2. The number of halogens is 1. The van der Waals surface area contributed by atoms with Crippen LogP contribution in [-0.2, 0) is 11.3 Å². The first kappa shape index (κ1) is 14.1. The number of amides is 1. The SMILES string of the molecule is Nc1cccc(NC(=O)Cn2cc(Br)c(=O)[nH]c2=O)c1. The Hall–Kier alpha value is -2.35. The third-order valence-electron chi connectivity index (χ3n) is 2.45. The molecule has 0 saturated heterocycles. The first-order valence-electron chi connectivity index (χ1n) is 5.60. The Bertz CT molecular complexity index is 766. The number of carbonyl (C=O) groups is 1. The molecule has 1 aromatic heterocycles. The smallest absolute Gasteiger partial charge is 0.328 e. The lowest BCUT2D eigenvalue weighted by atomic mass is 10.3. The number of nitrogens with two attached hydrogens (primary N) is 1. The summed E-state index contributed by atoms with van der Waals surface area (Å²) in [6.07, 6.45) is 1.26. The van der Waals surface area contributed by atoms with Crippen molar-refractivity contribution in [2.75, 3.05) is 11.1 Å². The zero-order valence-electron chi connectivity index (χ0n) is 10.2. The molecule has 2 aromatic rings. The van der Waals surface area contributed by atoms with Gasteiger partial charge in [-0.15, -0.1) is 0 Å². The largest absolute Gasteiger partial charge is 0.399 e. The van der Waals surface area contributed by atoms with Crippen molar-refractivity contribution < 1.29 is 4.79 Å². The van der Waals surface area contributed by atoms with Crippen LogP contribution in [0.2, 0.25) is 0 Å². The van der Waals surface area contributed by atoms with Gasteiger partial charge in [-0.25, -0.2) is 4.79 Å². The molecule has 0 fully saturated rings. The number of hydrogen-bond acceptors (Lipinski definition) is 4. The molecule has 0 aliphatic heterocycles. The summed E-state index contributed by atoms with van der Waals surface area (Å²) in [5.74, 6) is -0.406. The van der Waals surface area contributed by atoms with Gasteiger partial charge in [0.1, 0.15) is 6.54 Å². The van der Waals surface area contributed by atoms with Crippen molar-refractivity contribution in [1.29, 1.82) is 0 Å². The van der Waals surface area contributed by atoms with E-state index in [9.17, 15) is 14.4 Å². The summed E-state index contributed by atoms with van der Waals surface area (Å²) >= 11 is 2.99. The van der Waals surface area contributed by atoms with Crippen molar-refractivity contribution in [1.82, 2.24) is 9.55 Å². The minimum Gasteiger partial charge on any atom is -0.399 e. The normalized spacial score (nSPS) is 10.2. The average molecular weight is 339 g/mol. The van der Waals surface area contributed by atoms with Crippen molar-refractivity contribution in [2.45, 2.75) is 6.54 Å². The summed E-state index contributed by atoms with van der Waals surface area (Å²) < 4.78 is 1.27. The zero-order chi connectivity index (χ0) is 14.7. The van der Waals surface area contributed by atoms with Crippen LogP contribution < -0.4 is 22.3 Å². The predicted octanol–water partition coefficient (Wildman–Crippen LogP) is 0.520. The number of nitrogens with zero attached hydrogens (tertiary/aromatic N) is 1. The highest BCUT2D eigenvalue weighted by Crippen LogP contribution is 2.11. The highest BCUT2D eigenvalue weighted by Gasteiger charge is 2.07. The fraction of sp³-hybridized carbons (Fsp3) is 0.0833. The van der Waals surface area contributed by atoms with Crippen LogP contribution in [0.3, 0.4) is 0 Å². The van der Waals surface area contributed by atoms with Crippen LogP contribution in [0, 0.1) is 0 Å². The first-order chi connectivity index (χ1) is 9.45. The van der Waals surface area contributed by atoms with Gasteiger partial charge in [0.15, 0.2) is 0 Å². The molecule has 4 N–H and O–H groups in total. The zero-order valence-corrected chi connectivity index (χ0v) is 11.8. The molecule has 0 saturated carbocycles. The number of benzene rings is 1. The molecule has 20 heavy (non-hydrogen) atoms. The highest BCUT2D eigenvalue weighted by atomic mass is 79.9. The molecule has 8 heteroatoms. The molecule has 0 aliphatic carbocycles. The number of hydrogen-bond donors (Lipinski definition) is 3. The summed E-state index contributed by atoms with van der Waals surface area (Å²) in [4.78, 5) is 36.6. The molecule has 0 unspecified atom stereocenters. The molecule has 0 spiro atoms. The average Bonchev–Trinajstić information content (AvgIpc) is 2.36. The summed E-state index contributed by atoms with van der Waals surface area (Å²) in [6.45, 7) is -0.219. The lowest BCUT2D eigenvalue weighted by Crippen LogP contribution is -2.33. The van der Waals surface area contributed by atoms with Crippen LogP contribution in [0.4, 0.5) is 11.4 Å². The summed E-state index contributed by atoms with van der Waals surface area (Å²) in [7, 11) is 0. The van der Waals surface area contributed by atoms with E-state index in [4.69, 9.17) is 5.73 Å². The van der Waals surface area contributed by atoms with Crippen LogP contribution in [0.25, 0.3) is 0 Å². The Morgan fingerprint density at radius 1 is 1.40 bits per heavy atom. The van der Waals surface area contributed by atoms with Crippen LogP contribution in [0.1, 0.15) is 0 Å². The van der Waals surface area contributed by atoms with E-state index in [1.807, 2.05) is 0 Å². The number of carbonyl (C=O) groups excluding carboxylic acids is 1. The molecule has 1 aromatic carbocycles. The van der Waals surface area contributed by atoms with Gasteiger partial charge >= 0.3 is 5.69 Å². The Balaban J connectivity index is 2.15. The summed E-state index contributed by atoms with van der Waals surface area (Å²) in [6, 6.07) is 6.68. The fourth-order valence-corrected chi connectivity index (χ4v) is 1.92. The van der Waals surface area contributed by atoms with E-state index >= 15 is 0 Å². The van der Waals surface area contributed by atoms with Crippen LogP contribution in [0.15, 0.2) is 44.5 Å². The van der Waals surface area contributed by atoms with E-state index in [0.29, 0.717) is 11.4 Å². The Morgan fingerprint density at radius 2 is 2.15 bits per heavy atom. The minimum atomic E-state index is -0.652. The Morgan fingerprint density at radius 3 is 2.85 bits per heavy atom. The topological polar surface area (TPSA) is 110 Å². The molecule has 0 aliphatic rings. The van der Waals surface area contributed by atoms with Gasteiger partial charge in [-0.3, -0.25) is 19.1 Å². The number of anilines is 2. The number of nitrogen functional groups attached to an aromatic ring is 1. The minimum absolute atomic E-state index is 0.175. The van der Waals surface area contributed by atoms with Gasteiger partial charge in [-0.2, -0.15) is 0 Å². The first-order valence-corrected chi connectivity index (χ1v) is 6.39. The molecule has 1 amide bonds. The third-order valence-corrected chi connectivity index (χ3v) is 3.02. The molecular weight excluding hydrogens is 328 g/mol. The van der Waals surface area contributed by atoms with Gasteiger partial charge in [0.05, 0.1) is 4.47 Å². The van der Waals surface area contributed by atoms with Gasteiger partial charge in [-0.1, -0.05) is 6.07 Å². The van der Waals surface area contributed by atoms with E-state index in [2.05, 4.69) is 26.2 Å². The van der Waals surface area contributed by atoms with Crippen molar-refractivity contribution in [3.05, 3.63) is 55.8 Å². The van der Waals surface area contributed by atoms with Crippen LogP contribution >= 0.6 is 15.9 Å². The predicted molar refractivity (Wildman–Crippen MR) is 78.5 cm³/mol. The second-order valence-electron chi connectivity index (χ2n) is 4.04. The molecule has 0 radical (unpaired) electrons. The quantitative estimate of drug-likeness (QED) is 0.708. The van der Waals surface area contributed by atoms with Crippen LogP contribution in [0.5, 0.6) is 0 Å². The van der Waals surface area contributed by atoms with E-state index < -0.39 is 17.2 Å². The second kappa shape index (κ2) is 5.74. The lowest BCUT2D eigenvalue weighted by molar-refractivity contribution is -0.116. The van der Waals surface area contributed by atoms with Crippen molar-refractivity contribution in [2.24, 2.45) is 0 Å². The van der Waals surface area contributed by atoms with Gasteiger partial charge in [0, 0.05) is 17.6 Å². The van der Waals surface area contributed by atoms with Crippen molar-refractivity contribution >= 4 is 33.2 Å². The van der Waals surface area contributed by atoms with E-state index in [1.165, 1.54) is 6.20 Å². The molecule has 0 atom stereocenters. The van der Waals surface area contributed by atoms with Gasteiger partial charge in [-0.05, 0) is 34.1 Å². The maximum absolute atomic E-state index is 11.8. The Labute approximate surface area is 121 Å². The maximum atomic E-state index is 11.8. The summed E-state index contributed by atoms with van der Waals surface area (Å²) in [5.41, 5.74) is 5.46. The molecular formula is C12H11BrN4O3. The monoisotopic (exact) mass is 338 g/mol. The third kappa shape index (κ3) is 3.35. The van der Waals surface area contributed by atoms with Gasteiger partial charge in [0.2, 0.25) is 5.91 Å². The van der Waals surface area contributed by atoms with E-state index in [-0.39, 0.29) is 11.0 Å². The molecule has 7 nitrogen and oxygen atoms in total. The van der Waals surface area contributed by atoms with E-state index in [0.717, 1.165) is 4.57 Å². The maximum Gasteiger partial charge on any atom is 0.328 e. The molecule has 1 heterocycles. The van der Waals surface area contributed by atoms with E-state index in [1.54, 1.807) is 24.3 Å². The Kier molecular flexibility index (Phi) is 4.04. The standard InChI is InChI=1S/C12H11BrN4O3/c13-9-5-17(12(20)16-11(9)19)6-10(18)15-8-3-1-2-7(14)4-8/h1-5H,6,14H2,(H,15,18)(H,16,19,20). The van der Waals surface area contributed by atoms with Crippen LogP contribution in [-0.4, -0.2) is 15.5 Å².